The fourth-order valence-electron chi connectivity index (χ4n) is 3.27. The van der Waals surface area contributed by atoms with Gasteiger partial charge in [-0.2, -0.15) is 0 Å². The van der Waals surface area contributed by atoms with Gasteiger partial charge in [-0.15, -0.1) is 0 Å². The van der Waals surface area contributed by atoms with Crippen LogP contribution in [0.2, 0.25) is 5.02 Å². The fraction of sp³-hybridized carbons (Fsp3) is 0.0870. The Hall–Kier alpha value is -3.31. The number of hydrogen-bond acceptors (Lipinski definition) is 3. The predicted octanol–water partition coefficient (Wildman–Crippen LogP) is 5.58. The van der Waals surface area contributed by atoms with Gasteiger partial charge in [0.25, 0.3) is 5.91 Å². The van der Waals surface area contributed by atoms with Gasteiger partial charge in [0.05, 0.1) is 12.1 Å². The van der Waals surface area contributed by atoms with Crippen molar-refractivity contribution in [1.82, 2.24) is 9.97 Å². The highest BCUT2D eigenvalue weighted by molar-refractivity contribution is 6.31. The van der Waals surface area contributed by atoms with Crippen LogP contribution in [0, 0.1) is 12.7 Å². The maximum Gasteiger partial charge on any atom is 0.260 e. The monoisotopic (exact) mass is 405 g/mol. The lowest BCUT2D eigenvalue weighted by atomic mass is 10.1. The minimum atomic E-state index is -0.347. The van der Waals surface area contributed by atoms with Crippen LogP contribution in [0.25, 0.3) is 10.8 Å². The minimum Gasteiger partial charge on any atom is -0.304 e. The minimum absolute atomic E-state index is 0.210. The first-order chi connectivity index (χ1) is 14.0. The Bertz CT molecular complexity index is 1210. The van der Waals surface area contributed by atoms with Crippen molar-refractivity contribution < 1.29 is 9.18 Å². The van der Waals surface area contributed by atoms with Crippen molar-refractivity contribution in [2.75, 3.05) is 4.90 Å². The number of aromatic nitrogens is 2. The van der Waals surface area contributed by atoms with Crippen molar-refractivity contribution in [1.29, 1.82) is 0 Å². The predicted molar refractivity (Wildman–Crippen MR) is 113 cm³/mol. The lowest BCUT2D eigenvalue weighted by Crippen LogP contribution is -2.31. The first kappa shape index (κ1) is 19.0. The maximum absolute atomic E-state index is 14.2. The number of nitrogens with zero attached hydrogens (tertiary/aromatic N) is 3. The third-order valence-corrected chi connectivity index (χ3v) is 5.03. The Morgan fingerprint density at radius 1 is 1.03 bits per heavy atom. The van der Waals surface area contributed by atoms with Crippen LogP contribution in [0.4, 0.5) is 10.1 Å². The molecule has 29 heavy (non-hydrogen) atoms. The van der Waals surface area contributed by atoms with E-state index in [0.29, 0.717) is 27.0 Å². The molecule has 2 aromatic heterocycles. The van der Waals surface area contributed by atoms with Crippen molar-refractivity contribution in [3.05, 3.63) is 101 Å². The van der Waals surface area contributed by atoms with Crippen molar-refractivity contribution >= 4 is 34.0 Å². The van der Waals surface area contributed by atoms with Gasteiger partial charge < -0.3 is 4.90 Å². The highest BCUT2D eigenvalue weighted by Gasteiger charge is 2.21. The lowest BCUT2D eigenvalue weighted by molar-refractivity contribution is 0.0984. The topological polar surface area (TPSA) is 46.1 Å². The van der Waals surface area contributed by atoms with Gasteiger partial charge in [-0.3, -0.25) is 14.8 Å². The molecule has 0 atom stereocenters. The van der Waals surface area contributed by atoms with E-state index in [9.17, 15) is 9.18 Å². The van der Waals surface area contributed by atoms with Gasteiger partial charge in [0.2, 0.25) is 0 Å². The average Bonchev–Trinajstić information content (AvgIpc) is 2.72. The summed E-state index contributed by atoms with van der Waals surface area (Å²) in [6.45, 7) is 2.07. The lowest BCUT2D eigenvalue weighted by Gasteiger charge is -2.24. The van der Waals surface area contributed by atoms with E-state index < -0.39 is 0 Å². The van der Waals surface area contributed by atoms with Crippen molar-refractivity contribution in [3.63, 3.8) is 0 Å². The maximum atomic E-state index is 14.2. The Morgan fingerprint density at radius 3 is 2.66 bits per heavy atom. The van der Waals surface area contributed by atoms with Crippen LogP contribution < -0.4 is 4.90 Å². The van der Waals surface area contributed by atoms with E-state index in [4.69, 9.17) is 11.6 Å². The third-order valence-electron chi connectivity index (χ3n) is 4.80. The number of anilines is 1. The molecule has 4 aromatic rings. The van der Waals surface area contributed by atoms with Crippen LogP contribution in [-0.4, -0.2) is 15.9 Å². The van der Waals surface area contributed by atoms with E-state index >= 15 is 0 Å². The summed E-state index contributed by atoms with van der Waals surface area (Å²) in [5.41, 5.74) is 2.68. The summed E-state index contributed by atoms with van der Waals surface area (Å²) < 4.78 is 14.2. The van der Waals surface area contributed by atoms with E-state index in [-0.39, 0.29) is 18.3 Å². The number of benzene rings is 2. The molecule has 0 bridgehead atoms. The number of pyridine rings is 2. The van der Waals surface area contributed by atoms with Gasteiger partial charge in [0.15, 0.2) is 0 Å². The summed E-state index contributed by atoms with van der Waals surface area (Å²) >= 11 is 6.18. The summed E-state index contributed by atoms with van der Waals surface area (Å²) in [7, 11) is 0. The van der Waals surface area contributed by atoms with E-state index in [1.54, 1.807) is 53.8 Å². The van der Waals surface area contributed by atoms with E-state index in [0.717, 1.165) is 11.1 Å². The van der Waals surface area contributed by atoms with E-state index in [1.165, 1.54) is 12.3 Å². The summed E-state index contributed by atoms with van der Waals surface area (Å²) in [5, 5.41) is 1.65. The number of fused-ring (bicyclic) bond motifs is 1. The molecule has 0 saturated carbocycles. The quantitative estimate of drug-likeness (QED) is 0.445. The number of rotatable bonds is 4. The Morgan fingerprint density at radius 2 is 1.86 bits per heavy atom. The molecule has 1 amide bonds. The molecule has 0 aliphatic heterocycles. The Kier molecular flexibility index (Phi) is 5.23. The second-order valence-electron chi connectivity index (χ2n) is 6.70. The average molecular weight is 406 g/mol. The number of aryl methyl sites for hydroxylation is 1. The van der Waals surface area contributed by atoms with Crippen LogP contribution in [0.1, 0.15) is 21.5 Å². The largest absolute Gasteiger partial charge is 0.304 e. The standard InChI is InChI=1S/C23H17ClFN3O/c1-15-8-9-26-12-20(15)23(29)28(18-5-2-4-17(24)10-18)14-16-11-27-13-21-19(16)6-3-7-22(21)25/h2-13H,14H2,1H3. The number of carbonyl (C=O) groups excluding carboxylic acids is 1. The number of halogens is 2. The smallest absolute Gasteiger partial charge is 0.260 e. The summed E-state index contributed by atoms with van der Waals surface area (Å²) in [4.78, 5) is 23.3. The van der Waals surface area contributed by atoms with Gasteiger partial charge >= 0.3 is 0 Å². The molecule has 0 radical (unpaired) electrons. The molecule has 4 nitrogen and oxygen atoms in total. The first-order valence-corrected chi connectivity index (χ1v) is 9.41. The van der Waals surface area contributed by atoms with Gasteiger partial charge in [-0.25, -0.2) is 4.39 Å². The molecular weight excluding hydrogens is 389 g/mol. The van der Waals surface area contributed by atoms with Crippen LogP contribution >= 0.6 is 11.6 Å². The Labute approximate surface area is 172 Å². The zero-order valence-electron chi connectivity index (χ0n) is 15.6. The number of carbonyl (C=O) groups is 1. The second kappa shape index (κ2) is 7.97. The zero-order valence-corrected chi connectivity index (χ0v) is 16.4. The number of hydrogen-bond donors (Lipinski definition) is 0. The fourth-order valence-corrected chi connectivity index (χ4v) is 3.46. The molecule has 0 N–H and O–H groups in total. The van der Waals surface area contributed by atoms with E-state index in [1.807, 2.05) is 19.1 Å². The van der Waals surface area contributed by atoms with Gasteiger partial charge in [-0.1, -0.05) is 29.8 Å². The molecule has 2 heterocycles. The van der Waals surface area contributed by atoms with Crippen molar-refractivity contribution in [3.8, 4) is 0 Å². The summed E-state index contributed by atoms with van der Waals surface area (Å²) in [6.07, 6.45) is 6.34. The van der Waals surface area contributed by atoms with Gasteiger partial charge in [-0.05, 0) is 53.8 Å². The number of amides is 1. The molecule has 0 aliphatic rings. The van der Waals surface area contributed by atoms with E-state index in [2.05, 4.69) is 9.97 Å². The SMILES string of the molecule is Cc1ccncc1C(=O)N(Cc1cncc2c(F)cccc12)c1cccc(Cl)c1. The molecule has 0 saturated heterocycles. The first-order valence-electron chi connectivity index (χ1n) is 9.04. The highest BCUT2D eigenvalue weighted by atomic mass is 35.5. The molecule has 144 valence electrons. The summed E-state index contributed by atoms with van der Waals surface area (Å²) in [6, 6.07) is 13.7. The molecule has 2 aromatic carbocycles. The Balaban J connectivity index is 1.83. The van der Waals surface area contributed by atoms with Crippen LogP contribution in [-0.2, 0) is 6.54 Å². The molecular formula is C23H17ClFN3O. The third kappa shape index (κ3) is 3.82. The molecule has 0 spiro atoms. The molecule has 4 rings (SSSR count). The normalized spacial score (nSPS) is 10.9. The van der Waals surface area contributed by atoms with Crippen LogP contribution in [0.15, 0.2) is 73.3 Å². The molecule has 6 heteroatoms. The highest BCUT2D eigenvalue weighted by Crippen LogP contribution is 2.27. The summed E-state index contributed by atoms with van der Waals surface area (Å²) in [5.74, 6) is -0.563. The van der Waals surface area contributed by atoms with Gasteiger partial charge in [0.1, 0.15) is 5.82 Å². The van der Waals surface area contributed by atoms with Crippen LogP contribution in [0.5, 0.6) is 0 Å². The molecule has 0 unspecified atom stereocenters. The zero-order chi connectivity index (χ0) is 20.4. The van der Waals surface area contributed by atoms with Gasteiger partial charge in [0, 0.05) is 40.9 Å². The van der Waals surface area contributed by atoms with Crippen molar-refractivity contribution in [2.24, 2.45) is 0 Å². The van der Waals surface area contributed by atoms with Crippen LogP contribution in [0.3, 0.4) is 0 Å². The molecule has 0 fully saturated rings. The molecule has 0 aliphatic carbocycles. The van der Waals surface area contributed by atoms with Crippen molar-refractivity contribution in [2.45, 2.75) is 13.5 Å². The second-order valence-corrected chi connectivity index (χ2v) is 7.13.